The van der Waals surface area contributed by atoms with Crippen molar-refractivity contribution in [1.29, 1.82) is 0 Å². The number of carbonyl (C=O) groups is 1. The number of aromatic amines is 1. The lowest BCUT2D eigenvalue weighted by Gasteiger charge is -2.24. The number of H-pyrrole nitrogens is 1. The van der Waals surface area contributed by atoms with Gasteiger partial charge in [-0.05, 0) is 39.3 Å². The largest absolute Gasteiger partial charge is 0.444 e. The zero-order valence-corrected chi connectivity index (χ0v) is 13.0. The summed E-state index contributed by atoms with van der Waals surface area (Å²) in [7, 11) is 0. The maximum Gasteiger partial charge on any atom is 0.410 e. The van der Waals surface area contributed by atoms with Crippen molar-refractivity contribution in [3.63, 3.8) is 0 Å². The zero-order chi connectivity index (χ0) is 15.9. The Bertz CT molecular complexity index is 756. The lowest BCUT2D eigenvalue weighted by molar-refractivity contribution is 0.0289. The quantitative estimate of drug-likeness (QED) is 0.872. The van der Waals surface area contributed by atoms with E-state index in [2.05, 4.69) is 9.97 Å². The number of pyridine rings is 1. The average molecular weight is 304 g/mol. The number of aromatic nitrogens is 3. The summed E-state index contributed by atoms with van der Waals surface area (Å²) in [5.41, 5.74) is 0.632. The van der Waals surface area contributed by atoms with E-state index in [9.17, 15) is 9.59 Å². The summed E-state index contributed by atoms with van der Waals surface area (Å²) >= 11 is 0. The number of carbonyl (C=O) groups excluding carboxylic acids is 1. The number of hydrogen-bond acceptors (Lipinski definition) is 4. The van der Waals surface area contributed by atoms with E-state index in [4.69, 9.17) is 4.74 Å². The van der Waals surface area contributed by atoms with Gasteiger partial charge in [0.05, 0.1) is 11.6 Å². The first kappa shape index (κ1) is 14.6. The van der Waals surface area contributed by atoms with Gasteiger partial charge < -0.3 is 9.64 Å². The highest BCUT2D eigenvalue weighted by Crippen LogP contribution is 2.24. The number of likely N-dealkylation sites (tertiary alicyclic amines) is 1. The minimum Gasteiger partial charge on any atom is -0.444 e. The maximum absolute atomic E-state index is 12.2. The molecule has 118 valence electrons. The summed E-state index contributed by atoms with van der Waals surface area (Å²) in [6, 6.07) is 3.60. The molecule has 1 atom stereocenters. The molecular weight excluding hydrogens is 284 g/mol. The fraction of sp³-hybridized carbons (Fsp3) is 0.533. The lowest BCUT2D eigenvalue weighted by atomic mass is 10.2. The van der Waals surface area contributed by atoms with Crippen molar-refractivity contribution in [3.8, 4) is 0 Å². The van der Waals surface area contributed by atoms with E-state index in [0.29, 0.717) is 18.7 Å². The molecule has 3 heterocycles. The first-order valence-electron chi connectivity index (χ1n) is 7.38. The normalized spacial score (nSPS) is 18.9. The van der Waals surface area contributed by atoms with Crippen LogP contribution in [0.2, 0.25) is 0 Å². The standard InChI is InChI=1S/C15H20N4O3/c1-15(2,3)22-14(21)18-8-6-10(9-18)19-11-5-4-7-16-12(11)17-13(19)20/h4-5,7,10H,6,8-9H2,1-3H3,(H,16,17,20). The Morgan fingerprint density at radius 3 is 2.95 bits per heavy atom. The molecule has 0 bridgehead atoms. The van der Waals surface area contributed by atoms with E-state index in [1.807, 2.05) is 26.8 Å². The van der Waals surface area contributed by atoms with Crippen molar-refractivity contribution >= 4 is 17.3 Å². The van der Waals surface area contributed by atoms with E-state index >= 15 is 0 Å². The van der Waals surface area contributed by atoms with Crippen LogP contribution in [0.5, 0.6) is 0 Å². The number of ether oxygens (including phenoxy) is 1. The number of imidazole rings is 1. The van der Waals surface area contributed by atoms with Gasteiger partial charge in [-0.3, -0.25) is 9.55 Å². The maximum atomic E-state index is 12.2. The summed E-state index contributed by atoms with van der Waals surface area (Å²) in [5.74, 6) is 0. The second kappa shape index (κ2) is 5.15. The van der Waals surface area contributed by atoms with E-state index in [0.717, 1.165) is 11.9 Å². The third-order valence-electron chi connectivity index (χ3n) is 3.67. The van der Waals surface area contributed by atoms with Crippen LogP contribution in [-0.4, -0.2) is 44.2 Å². The zero-order valence-electron chi connectivity index (χ0n) is 13.0. The van der Waals surface area contributed by atoms with Gasteiger partial charge in [-0.2, -0.15) is 0 Å². The van der Waals surface area contributed by atoms with Gasteiger partial charge in [0, 0.05) is 19.3 Å². The lowest BCUT2D eigenvalue weighted by Crippen LogP contribution is -2.36. The van der Waals surface area contributed by atoms with Gasteiger partial charge in [-0.15, -0.1) is 0 Å². The Kier molecular flexibility index (Phi) is 3.42. The first-order valence-corrected chi connectivity index (χ1v) is 7.38. The fourth-order valence-electron chi connectivity index (χ4n) is 2.77. The summed E-state index contributed by atoms with van der Waals surface area (Å²) in [6.07, 6.45) is 2.03. The Hall–Kier alpha value is -2.31. The van der Waals surface area contributed by atoms with Crippen LogP contribution >= 0.6 is 0 Å². The minimum atomic E-state index is -0.517. The molecule has 0 radical (unpaired) electrons. The predicted octanol–water partition coefficient (Wildman–Crippen LogP) is 1.91. The Morgan fingerprint density at radius 1 is 1.45 bits per heavy atom. The van der Waals surface area contributed by atoms with Gasteiger partial charge in [0.25, 0.3) is 0 Å². The van der Waals surface area contributed by atoms with Crippen LogP contribution in [0.1, 0.15) is 33.2 Å². The molecule has 3 rings (SSSR count). The van der Waals surface area contributed by atoms with Crippen molar-refractivity contribution in [1.82, 2.24) is 19.4 Å². The van der Waals surface area contributed by atoms with Crippen molar-refractivity contribution in [2.24, 2.45) is 0 Å². The number of amides is 1. The third-order valence-corrected chi connectivity index (χ3v) is 3.67. The molecule has 0 spiro atoms. The van der Waals surface area contributed by atoms with Crippen LogP contribution in [0, 0.1) is 0 Å². The number of nitrogens with one attached hydrogen (secondary N) is 1. The molecular formula is C15H20N4O3. The molecule has 1 amide bonds. The first-order chi connectivity index (χ1) is 10.3. The number of hydrogen-bond donors (Lipinski definition) is 1. The predicted molar refractivity (Wildman–Crippen MR) is 81.8 cm³/mol. The second-order valence-electron chi connectivity index (χ2n) is 6.54. The minimum absolute atomic E-state index is 0.0574. The molecule has 2 aromatic rings. The van der Waals surface area contributed by atoms with Crippen molar-refractivity contribution in [2.45, 2.75) is 38.8 Å². The summed E-state index contributed by atoms with van der Waals surface area (Å²) in [5, 5.41) is 0. The van der Waals surface area contributed by atoms with Gasteiger partial charge in [-0.25, -0.2) is 14.6 Å². The Morgan fingerprint density at radius 2 is 2.23 bits per heavy atom. The molecule has 1 unspecified atom stereocenters. The van der Waals surface area contributed by atoms with Crippen molar-refractivity contribution < 1.29 is 9.53 Å². The van der Waals surface area contributed by atoms with Gasteiger partial charge in [0.1, 0.15) is 5.60 Å². The van der Waals surface area contributed by atoms with Gasteiger partial charge in [0.2, 0.25) is 0 Å². The van der Waals surface area contributed by atoms with Crippen LogP contribution in [0.4, 0.5) is 4.79 Å². The smallest absolute Gasteiger partial charge is 0.410 e. The molecule has 1 aliphatic heterocycles. The summed E-state index contributed by atoms with van der Waals surface area (Å²) < 4.78 is 7.07. The van der Waals surface area contributed by atoms with E-state index in [-0.39, 0.29) is 17.8 Å². The molecule has 1 N–H and O–H groups in total. The highest BCUT2D eigenvalue weighted by Gasteiger charge is 2.32. The average Bonchev–Trinajstić information content (AvgIpc) is 2.99. The van der Waals surface area contributed by atoms with Crippen molar-refractivity contribution in [3.05, 3.63) is 28.8 Å². The fourth-order valence-corrected chi connectivity index (χ4v) is 2.77. The SMILES string of the molecule is CC(C)(C)OC(=O)N1CCC(n2c(=O)[nH]c3ncccc32)C1. The highest BCUT2D eigenvalue weighted by molar-refractivity contribution is 5.71. The topological polar surface area (TPSA) is 80.2 Å². The molecule has 22 heavy (non-hydrogen) atoms. The molecule has 0 aliphatic carbocycles. The number of nitrogens with zero attached hydrogens (tertiary/aromatic N) is 3. The molecule has 1 saturated heterocycles. The Balaban J connectivity index is 1.82. The van der Waals surface area contributed by atoms with Gasteiger partial charge in [0.15, 0.2) is 5.65 Å². The van der Waals surface area contributed by atoms with Crippen LogP contribution in [0.3, 0.4) is 0 Å². The van der Waals surface area contributed by atoms with Crippen molar-refractivity contribution in [2.75, 3.05) is 13.1 Å². The molecule has 7 nitrogen and oxygen atoms in total. The molecule has 0 saturated carbocycles. The van der Waals surface area contributed by atoms with Crippen LogP contribution in [-0.2, 0) is 4.74 Å². The van der Waals surface area contributed by atoms with Gasteiger partial charge >= 0.3 is 11.8 Å². The van der Waals surface area contributed by atoms with E-state index in [1.54, 1.807) is 21.7 Å². The molecule has 2 aromatic heterocycles. The van der Waals surface area contributed by atoms with Crippen LogP contribution < -0.4 is 5.69 Å². The summed E-state index contributed by atoms with van der Waals surface area (Å²) in [4.78, 5) is 32.8. The highest BCUT2D eigenvalue weighted by atomic mass is 16.6. The van der Waals surface area contributed by atoms with Gasteiger partial charge in [-0.1, -0.05) is 0 Å². The third kappa shape index (κ3) is 2.70. The summed E-state index contributed by atoms with van der Waals surface area (Å²) in [6.45, 7) is 6.58. The molecule has 0 aromatic carbocycles. The van der Waals surface area contributed by atoms with Crippen LogP contribution in [0.15, 0.2) is 23.1 Å². The Labute approximate surface area is 127 Å². The molecule has 7 heteroatoms. The molecule has 1 fully saturated rings. The number of rotatable bonds is 1. The molecule has 1 aliphatic rings. The monoisotopic (exact) mass is 304 g/mol. The van der Waals surface area contributed by atoms with Crippen LogP contribution in [0.25, 0.3) is 11.2 Å². The number of fused-ring (bicyclic) bond motifs is 1. The second-order valence-corrected chi connectivity index (χ2v) is 6.54. The van der Waals surface area contributed by atoms with E-state index in [1.165, 1.54) is 0 Å². The van der Waals surface area contributed by atoms with E-state index < -0.39 is 5.60 Å².